The molecule has 4 aliphatic carbocycles. The Labute approximate surface area is 552 Å². The van der Waals surface area contributed by atoms with Gasteiger partial charge in [-0.2, -0.15) is 0 Å². The van der Waals surface area contributed by atoms with Gasteiger partial charge < -0.3 is 38.2 Å². The first-order valence-electron chi connectivity index (χ1n) is 35.1. The molecule has 472 valence electrons. The Bertz CT molecular complexity index is 4690. The van der Waals surface area contributed by atoms with Crippen molar-refractivity contribution in [3.8, 4) is 45.3 Å². The molecule has 0 aromatic heterocycles. The Morgan fingerprint density at radius 1 is 0.372 bits per heavy atom. The van der Waals surface area contributed by atoms with E-state index in [1.54, 1.807) is 14.2 Å². The number of methoxy groups -OCH3 is 2. The molecule has 0 radical (unpaired) electrons. The smallest absolute Gasteiger partial charge is 0.178 e. The molecule has 4 aliphatic heterocycles. The van der Waals surface area contributed by atoms with Crippen LogP contribution in [0, 0.1) is 0 Å². The van der Waals surface area contributed by atoms with Crippen LogP contribution < -0.4 is 28.7 Å². The highest BCUT2D eigenvalue weighted by molar-refractivity contribution is 6.11. The van der Waals surface area contributed by atoms with Crippen molar-refractivity contribution in [2.45, 2.75) is 112 Å². The molecule has 4 fully saturated rings. The second-order valence-electron chi connectivity index (χ2n) is 28.0. The Kier molecular flexibility index (Phi) is 14.1. The van der Waals surface area contributed by atoms with Crippen LogP contribution in [0.5, 0.6) is 23.0 Å². The molecule has 2 saturated carbocycles. The maximum absolute atomic E-state index is 8.39. The van der Waals surface area contributed by atoms with Crippen molar-refractivity contribution in [1.82, 2.24) is 0 Å². The van der Waals surface area contributed by atoms with E-state index >= 15 is 0 Å². The summed E-state index contributed by atoms with van der Waals surface area (Å²) in [5.74, 6) is 3.42. The molecule has 94 heavy (non-hydrogen) atoms. The van der Waals surface area contributed by atoms with Gasteiger partial charge in [0.2, 0.25) is 0 Å². The summed E-state index contributed by atoms with van der Waals surface area (Å²) in [5.41, 5.74) is 17.7. The number of rotatable bonds is 8. The van der Waals surface area contributed by atoms with E-state index in [-0.39, 0.29) is 10.8 Å². The molecule has 10 aromatic carbocycles. The molecule has 2 saturated heterocycles. The molecule has 18 rings (SSSR count). The van der Waals surface area contributed by atoms with E-state index in [4.69, 9.17) is 28.4 Å². The van der Waals surface area contributed by atoms with Crippen LogP contribution >= 0.6 is 0 Å². The second-order valence-corrected chi connectivity index (χ2v) is 28.0. The molecular formula is C86H82N2O6. The highest BCUT2D eigenvalue weighted by atomic mass is 16.5. The first-order chi connectivity index (χ1) is 46.4. The third-order valence-electron chi connectivity index (χ3n) is 23.4. The number of nitrogens with zero attached hydrogens (tertiary/aromatic N) is 2. The number of ether oxygens (including phenoxy) is 6. The van der Waals surface area contributed by atoms with Crippen LogP contribution in [0.15, 0.2) is 182 Å². The van der Waals surface area contributed by atoms with Crippen LogP contribution in [0.25, 0.3) is 66.7 Å². The fourth-order valence-corrected chi connectivity index (χ4v) is 18.9. The lowest BCUT2D eigenvalue weighted by Crippen LogP contribution is -2.37. The lowest BCUT2D eigenvalue weighted by molar-refractivity contribution is 0.122. The SMILES string of the molecule is COc1ccc2c3c(c4c(c2c1)OC(c1ccc(N2CCOCC2)cc1)(c1ccc2cccc(C5(c6ccc(N7CCOCC7)cc6)C=Cc6c7c(c8ccc(OC)cc8c6O5)-c5ccccc5C75CCCCCCC5)c2c1)C=C4)C1(CCCCCCC1)c1ccccc1-3. The van der Waals surface area contributed by atoms with Crippen LogP contribution in [0.3, 0.4) is 0 Å². The molecule has 4 heterocycles. The Morgan fingerprint density at radius 3 is 1.31 bits per heavy atom. The zero-order valence-corrected chi connectivity index (χ0v) is 54.4. The summed E-state index contributed by atoms with van der Waals surface area (Å²) in [4.78, 5) is 4.89. The van der Waals surface area contributed by atoms with Gasteiger partial charge in [-0.3, -0.25) is 0 Å². The molecule has 8 aliphatic rings. The van der Waals surface area contributed by atoms with Gasteiger partial charge in [-0.25, -0.2) is 0 Å². The summed E-state index contributed by atoms with van der Waals surface area (Å²) >= 11 is 0. The molecular weight excluding hydrogens is 1160 g/mol. The summed E-state index contributed by atoms with van der Waals surface area (Å²) in [6, 6.07) is 64.5. The first-order valence-corrected chi connectivity index (χ1v) is 35.1. The van der Waals surface area contributed by atoms with Crippen LogP contribution in [-0.4, -0.2) is 66.8 Å². The van der Waals surface area contributed by atoms with Gasteiger partial charge in [0, 0.05) is 92.5 Å². The van der Waals surface area contributed by atoms with Crippen LogP contribution in [0.4, 0.5) is 11.4 Å². The normalized spacial score (nSPS) is 21.6. The molecule has 2 spiro atoms. The molecule has 8 heteroatoms. The minimum absolute atomic E-state index is 0.146. The van der Waals surface area contributed by atoms with Crippen molar-refractivity contribution in [2.24, 2.45) is 0 Å². The van der Waals surface area contributed by atoms with E-state index in [0.717, 1.165) is 119 Å². The van der Waals surface area contributed by atoms with Gasteiger partial charge in [0.15, 0.2) is 11.2 Å². The lowest BCUT2D eigenvalue weighted by Gasteiger charge is -2.41. The zero-order valence-electron chi connectivity index (χ0n) is 54.4. The number of hydrogen-bond donors (Lipinski definition) is 0. The molecule has 0 amide bonds. The van der Waals surface area contributed by atoms with Gasteiger partial charge in [-0.1, -0.05) is 179 Å². The summed E-state index contributed by atoms with van der Waals surface area (Å²) in [7, 11) is 3.56. The van der Waals surface area contributed by atoms with E-state index in [1.165, 1.54) is 142 Å². The van der Waals surface area contributed by atoms with Gasteiger partial charge in [0.25, 0.3) is 0 Å². The molecule has 2 unspecified atom stereocenters. The number of anilines is 2. The van der Waals surface area contributed by atoms with Crippen molar-refractivity contribution in [1.29, 1.82) is 0 Å². The minimum Gasteiger partial charge on any atom is -0.497 e. The van der Waals surface area contributed by atoms with E-state index in [0.29, 0.717) is 26.4 Å². The number of hydrogen-bond acceptors (Lipinski definition) is 8. The van der Waals surface area contributed by atoms with Gasteiger partial charge in [0.05, 0.1) is 40.6 Å². The van der Waals surface area contributed by atoms with E-state index in [2.05, 4.69) is 204 Å². The summed E-state index contributed by atoms with van der Waals surface area (Å²) in [6.07, 6.45) is 26.6. The quantitative estimate of drug-likeness (QED) is 0.149. The van der Waals surface area contributed by atoms with E-state index in [9.17, 15) is 0 Å². The van der Waals surface area contributed by atoms with Crippen LogP contribution in [-0.2, 0) is 31.5 Å². The zero-order chi connectivity index (χ0) is 62.6. The minimum atomic E-state index is -1.10. The lowest BCUT2D eigenvalue weighted by atomic mass is 9.67. The third kappa shape index (κ3) is 8.83. The maximum atomic E-state index is 8.39. The van der Waals surface area contributed by atoms with Crippen molar-refractivity contribution in [2.75, 3.05) is 76.6 Å². The monoisotopic (exact) mass is 1240 g/mol. The van der Waals surface area contributed by atoms with Gasteiger partial charge in [-0.05, 0) is 171 Å². The maximum Gasteiger partial charge on any atom is 0.178 e. The summed E-state index contributed by atoms with van der Waals surface area (Å²) in [5, 5.41) is 6.74. The number of benzene rings is 10. The fourth-order valence-electron chi connectivity index (χ4n) is 18.9. The topological polar surface area (TPSA) is 61.9 Å². The second kappa shape index (κ2) is 23.0. The third-order valence-corrected chi connectivity index (χ3v) is 23.4. The van der Waals surface area contributed by atoms with Crippen molar-refractivity contribution < 1.29 is 28.4 Å². The van der Waals surface area contributed by atoms with Gasteiger partial charge in [-0.15, -0.1) is 0 Å². The predicted molar refractivity (Wildman–Crippen MR) is 382 cm³/mol. The van der Waals surface area contributed by atoms with Gasteiger partial charge in [0.1, 0.15) is 23.0 Å². The van der Waals surface area contributed by atoms with Crippen LogP contribution in [0.2, 0.25) is 0 Å². The molecule has 0 bridgehead atoms. The van der Waals surface area contributed by atoms with Crippen molar-refractivity contribution in [3.05, 3.63) is 238 Å². The summed E-state index contributed by atoms with van der Waals surface area (Å²) in [6.45, 7) is 6.25. The Balaban J connectivity index is 0.874. The summed E-state index contributed by atoms with van der Waals surface area (Å²) < 4.78 is 40.8. The van der Waals surface area contributed by atoms with E-state index in [1.807, 2.05) is 0 Å². The fraction of sp³-hybridized carbons (Fsp3) is 0.326. The Hall–Kier alpha value is -8.82. The van der Waals surface area contributed by atoms with E-state index < -0.39 is 11.2 Å². The number of fused-ring (bicyclic) bond motifs is 21. The Morgan fingerprint density at radius 2 is 0.809 bits per heavy atom. The molecule has 2 atom stereocenters. The number of morpholine rings is 2. The first kappa shape index (κ1) is 57.8. The predicted octanol–water partition coefficient (Wildman–Crippen LogP) is 19.6. The highest BCUT2D eigenvalue weighted by Crippen LogP contribution is 2.64. The standard InChI is InChI=1S/C86H82N2O6/c1-89-63-34-36-65-72(55-63)81-69(79-77(65)67-19-9-11-21-74(67)83(79)40-13-5-3-6-14-41-83)38-44-85(93-81,58-26-30-61(31-27-58)87-46-50-91-51-47-87)60-25-24-57-18-17-23-76(71(57)54-60)86(59-28-32-62(33-29-59)88-48-52-92-53-49-88)45-39-70-80-78(66-37-35-64(90-2)56-73(66)82(70)94-86)68-20-10-12-22-75(68)84(80)42-15-7-4-8-16-43-84/h9-12,17-39,44-45,54-56H,3-8,13-16,40-43,46-53H2,1-2H3. The van der Waals surface area contributed by atoms with Gasteiger partial charge >= 0.3 is 0 Å². The van der Waals surface area contributed by atoms with Crippen LogP contribution in [0.1, 0.15) is 146 Å². The molecule has 0 N–H and O–H groups in total. The highest BCUT2D eigenvalue weighted by Gasteiger charge is 2.51. The molecule has 10 aromatic rings. The average molecular weight is 1240 g/mol. The van der Waals surface area contributed by atoms with Crippen molar-refractivity contribution >= 4 is 55.8 Å². The largest absolute Gasteiger partial charge is 0.497 e. The van der Waals surface area contributed by atoms with Crippen molar-refractivity contribution in [3.63, 3.8) is 0 Å². The average Bonchev–Trinajstić information content (AvgIpc) is 1.46. The molecule has 8 nitrogen and oxygen atoms in total.